The summed E-state index contributed by atoms with van der Waals surface area (Å²) < 4.78 is 15.3. The molecule has 1 fully saturated rings. The molecule has 1 rings (SSSR count). The lowest BCUT2D eigenvalue weighted by molar-refractivity contribution is -0.148. The maximum atomic E-state index is 12.0. The summed E-state index contributed by atoms with van der Waals surface area (Å²) in [6.07, 6.45) is 0.163. The molecular formula is C12H21NO5. The maximum absolute atomic E-state index is 12.0. The SMILES string of the molecule is COC(=O)[C@H]1COCCCN1C(=O)OC(C)(C)C. The molecule has 0 aromatic carbocycles. The highest BCUT2D eigenvalue weighted by molar-refractivity contribution is 5.81. The molecule has 0 saturated carbocycles. The van der Waals surface area contributed by atoms with Gasteiger partial charge in [0, 0.05) is 13.2 Å². The normalized spacial score (nSPS) is 21.1. The fourth-order valence-corrected chi connectivity index (χ4v) is 1.65. The van der Waals surface area contributed by atoms with Crippen LogP contribution >= 0.6 is 0 Å². The first-order valence-corrected chi connectivity index (χ1v) is 6.00. The van der Waals surface area contributed by atoms with Crippen molar-refractivity contribution in [3.8, 4) is 0 Å². The number of carbonyl (C=O) groups is 2. The van der Waals surface area contributed by atoms with E-state index in [4.69, 9.17) is 9.47 Å². The van der Waals surface area contributed by atoms with Crippen molar-refractivity contribution in [3.05, 3.63) is 0 Å². The van der Waals surface area contributed by atoms with Crippen LogP contribution in [0, 0.1) is 0 Å². The second kappa shape index (κ2) is 6.04. The van der Waals surface area contributed by atoms with Crippen molar-refractivity contribution in [1.82, 2.24) is 4.90 Å². The van der Waals surface area contributed by atoms with Gasteiger partial charge in [0.2, 0.25) is 0 Å². The Balaban J connectivity index is 2.79. The monoisotopic (exact) mass is 259 g/mol. The van der Waals surface area contributed by atoms with Gasteiger partial charge in [-0.2, -0.15) is 0 Å². The first-order chi connectivity index (χ1) is 8.35. The molecule has 0 bridgehead atoms. The lowest BCUT2D eigenvalue weighted by atomic mass is 10.2. The average Bonchev–Trinajstić information content (AvgIpc) is 2.50. The van der Waals surface area contributed by atoms with Crippen molar-refractivity contribution >= 4 is 12.1 Å². The van der Waals surface area contributed by atoms with E-state index in [0.717, 1.165) is 0 Å². The zero-order chi connectivity index (χ0) is 13.8. The Bertz CT molecular complexity index is 310. The van der Waals surface area contributed by atoms with E-state index < -0.39 is 23.7 Å². The van der Waals surface area contributed by atoms with Crippen LogP contribution in [0.5, 0.6) is 0 Å². The molecule has 104 valence electrons. The highest BCUT2D eigenvalue weighted by Crippen LogP contribution is 2.15. The summed E-state index contributed by atoms with van der Waals surface area (Å²) in [5.74, 6) is -0.484. The Morgan fingerprint density at radius 2 is 2.00 bits per heavy atom. The Morgan fingerprint density at radius 3 is 2.56 bits per heavy atom. The lowest BCUT2D eigenvalue weighted by Gasteiger charge is -2.30. The summed E-state index contributed by atoms with van der Waals surface area (Å²) in [6.45, 7) is 6.44. The molecule has 1 atom stereocenters. The molecule has 1 aliphatic heterocycles. The van der Waals surface area contributed by atoms with Crippen molar-refractivity contribution in [3.63, 3.8) is 0 Å². The van der Waals surface area contributed by atoms with Gasteiger partial charge in [-0.05, 0) is 27.2 Å². The van der Waals surface area contributed by atoms with Crippen LogP contribution in [0.15, 0.2) is 0 Å². The van der Waals surface area contributed by atoms with Gasteiger partial charge in [0.05, 0.1) is 13.7 Å². The van der Waals surface area contributed by atoms with Crippen molar-refractivity contribution < 1.29 is 23.8 Å². The van der Waals surface area contributed by atoms with E-state index in [-0.39, 0.29) is 6.61 Å². The van der Waals surface area contributed by atoms with Crippen LogP contribution < -0.4 is 0 Å². The van der Waals surface area contributed by atoms with E-state index in [1.165, 1.54) is 12.0 Å². The molecule has 0 N–H and O–H groups in total. The van der Waals surface area contributed by atoms with Crippen LogP contribution in [-0.2, 0) is 19.0 Å². The molecule has 1 saturated heterocycles. The molecule has 1 aliphatic rings. The third-order valence-electron chi connectivity index (χ3n) is 2.44. The Hall–Kier alpha value is -1.30. The molecular weight excluding hydrogens is 238 g/mol. The number of hydrogen-bond acceptors (Lipinski definition) is 5. The van der Waals surface area contributed by atoms with Crippen LogP contribution in [0.4, 0.5) is 4.79 Å². The summed E-state index contributed by atoms with van der Waals surface area (Å²) in [6, 6.07) is -0.729. The van der Waals surface area contributed by atoms with Gasteiger partial charge in [0.25, 0.3) is 0 Å². The highest BCUT2D eigenvalue weighted by atomic mass is 16.6. The molecule has 0 spiro atoms. The summed E-state index contributed by atoms with van der Waals surface area (Å²) in [5.41, 5.74) is -0.592. The lowest BCUT2D eigenvalue weighted by Crippen LogP contribution is -2.49. The van der Waals surface area contributed by atoms with Crippen molar-refractivity contribution in [1.29, 1.82) is 0 Å². The molecule has 0 aromatic heterocycles. The van der Waals surface area contributed by atoms with Crippen molar-refractivity contribution in [2.45, 2.75) is 38.8 Å². The standard InChI is InChI=1S/C12H21NO5/c1-12(2,3)18-11(15)13-6-5-7-17-8-9(13)10(14)16-4/h9H,5-8H2,1-4H3/t9-/m1/s1. The van der Waals surface area contributed by atoms with Gasteiger partial charge < -0.3 is 14.2 Å². The summed E-state index contributed by atoms with van der Waals surface area (Å²) >= 11 is 0. The second-order valence-corrected chi connectivity index (χ2v) is 5.14. The van der Waals surface area contributed by atoms with Crippen LogP contribution in [-0.4, -0.2) is 55.5 Å². The fourth-order valence-electron chi connectivity index (χ4n) is 1.65. The molecule has 0 aliphatic carbocycles. The van der Waals surface area contributed by atoms with Gasteiger partial charge in [-0.1, -0.05) is 0 Å². The summed E-state index contributed by atoms with van der Waals surface area (Å²) in [5, 5.41) is 0. The minimum Gasteiger partial charge on any atom is -0.467 e. The molecule has 1 heterocycles. The maximum Gasteiger partial charge on any atom is 0.411 e. The topological polar surface area (TPSA) is 65.1 Å². The first-order valence-electron chi connectivity index (χ1n) is 6.00. The van der Waals surface area contributed by atoms with Crippen LogP contribution in [0.25, 0.3) is 0 Å². The van der Waals surface area contributed by atoms with E-state index in [1.807, 2.05) is 0 Å². The molecule has 1 amide bonds. The highest BCUT2D eigenvalue weighted by Gasteiger charge is 2.34. The molecule has 0 radical (unpaired) electrons. The van der Waals surface area contributed by atoms with Crippen LogP contribution in [0.2, 0.25) is 0 Å². The van der Waals surface area contributed by atoms with E-state index in [0.29, 0.717) is 19.6 Å². The number of amides is 1. The number of hydrogen-bond donors (Lipinski definition) is 0. The third kappa shape index (κ3) is 4.18. The molecule has 6 nitrogen and oxygen atoms in total. The largest absolute Gasteiger partial charge is 0.467 e. The minimum absolute atomic E-state index is 0.145. The van der Waals surface area contributed by atoms with Gasteiger partial charge >= 0.3 is 12.1 Å². The summed E-state index contributed by atoms with van der Waals surface area (Å²) in [7, 11) is 1.29. The molecule has 6 heteroatoms. The number of ether oxygens (including phenoxy) is 3. The number of methoxy groups -OCH3 is 1. The summed E-state index contributed by atoms with van der Waals surface area (Å²) in [4.78, 5) is 25.1. The molecule has 18 heavy (non-hydrogen) atoms. The Labute approximate surface area is 107 Å². The average molecular weight is 259 g/mol. The molecule has 0 unspecified atom stereocenters. The van der Waals surface area contributed by atoms with E-state index in [2.05, 4.69) is 4.74 Å². The Morgan fingerprint density at radius 1 is 1.33 bits per heavy atom. The zero-order valence-corrected chi connectivity index (χ0v) is 11.4. The van der Waals surface area contributed by atoms with E-state index in [9.17, 15) is 9.59 Å². The van der Waals surface area contributed by atoms with Crippen LogP contribution in [0.1, 0.15) is 27.2 Å². The first kappa shape index (κ1) is 14.8. The fraction of sp³-hybridized carbons (Fsp3) is 0.833. The van der Waals surface area contributed by atoms with E-state index in [1.54, 1.807) is 20.8 Å². The van der Waals surface area contributed by atoms with Crippen molar-refractivity contribution in [2.24, 2.45) is 0 Å². The Kier molecular flexibility index (Phi) is 4.95. The van der Waals surface area contributed by atoms with Gasteiger partial charge in [0.1, 0.15) is 5.60 Å². The smallest absolute Gasteiger partial charge is 0.411 e. The minimum atomic E-state index is -0.729. The predicted octanol–water partition coefficient (Wildman–Crippen LogP) is 1.19. The number of esters is 1. The van der Waals surface area contributed by atoms with Gasteiger partial charge in [0.15, 0.2) is 6.04 Å². The number of rotatable bonds is 1. The third-order valence-corrected chi connectivity index (χ3v) is 2.44. The van der Waals surface area contributed by atoms with Gasteiger partial charge in [-0.25, -0.2) is 9.59 Å². The van der Waals surface area contributed by atoms with Gasteiger partial charge in [-0.3, -0.25) is 4.90 Å². The van der Waals surface area contributed by atoms with Crippen molar-refractivity contribution in [2.75, 3.05) is 26.9 Å². The van der Waals surface area contributed by atoms with Crippen LogP contribution in [0.3, 0.4) is 0 Å². The van der Waals surface area contributed by atoms with Gasteiger partial charge in [-0.15, -0.1) is 0 Å². The zero-order valence-electron chi connectivity index (χ0n) is 11.4. The van der Waals surface area contributed by atoms with E-state index >= 15 is 0 Å². The second-order valence-electron chi connectivity index (χ2n) is 5.14. The number of nitrogens with zero attached hydrogens (tertiary/aromatic N) is 1. The molecule has 0 aromatic rings. The quantitative estimate of drug-likeness (QED) is 0.662. The number of carbonyl (C=O) groups excluding carboxylic acids is 2. The predicted molar refractivity (Wildman–Crippen MR) is 64.2 cm³/mol.